The molecule has 8 nitrogen and oxygen atoms in total. The van der Waals surface area contributed by atoms with E-state index in [9.17, 15) is 19.2 Å². The third kappa shape index (κ3) is 8.50. The largest absolute Gasteiger partial charge is 0.492 e. The number of carbonyl (C=O) groups is 4. The van der Waals surface area contributed by atoms with Crippen LogP contribution in [-0.2, 0) is 5.41 Å². The van der Waals surface area contributed by atoms with Crippen LogP contribution in [0.1, 0.15) is 99.1 Å². The number of hydrogen-bond acceptors (Lipinski definition) is 6. The van der Waals surface area contributed by atoms with Crippen LogP contribution in [0.2, 0.25) is 0 Å². The van der Waals surface area contributed by atoms with Gasteiger partial charge in [-0.1, -0.05) is 152 Å². The highest BCUT2D eigenvalue weighted by Gasteiger charge is 2.55. The first-order valence-electron chi connectivity index (χ1n) is 23.5. The number of ether oxygens (including phenoxy) is 2. The summed E-state index contributed by atoms with van der Waals surface area (Å²) in [6.07, 6.45) is -4.95. The number of alkyl halides is 3. The topological polar surface area (TPSA) is 93.2 Å². The fourth-order valence-electron chi connectivity index (χ4n) is 9.72. The first kappa shape index (κ1) is 47.1. The van der Waals surface area contributed by atoms with Crippen LogP contribution in [0.3, 0.4) is 0 Å². The summed E-state index contributed by atoms with van der Waals surface area (Å²) >= 11 is 0. The fourth-order valence-corrected chi connectivity index (χ4v) is 9.72. The number of amides is 4. The van der Waals surface area contributed by atoms with Gasteiger partial charge in [-0.3, -0.25) is 24.1 Å². The molecule has 0 bridgehead atoms. The predicted octanol–water partition coefficient (Wildman–Crippen LogP) is 13.0. The minimum absolute atomic E-state index is 0.00370. The van der Waals surface area contributed by atoms with E-state index in [1.54, 1.807) is 18.2 Å². The molecule has 0 aromatic heterocycles. The van der Waals surface area contributed by atoms with Crippen molar-refractivity contribution in [2.24, 2.45) is 0 Å². The van der Waals surface area contributed by atoms with E-state index in [1.165, 1.54) is 31.3 Å². The van der Waals surface area contributed by atoms with E-state index in [1.807, 2.05) is 122 Å². The number of nitrogens with zero attached hydrogens (tertiary/aromatic N) is 2. The van der Waals surface area contributed by atoms with Crippen molar-refractivity contribution in [1.29, 1.82) is 0 Å². The molecule has 1 unspecified atom stereocenters. The normalized spacial score (nSPS) is 14.2. The van der Waals surface area contributed by atoms with Crippen molar-refractivity contribution in [3.63, 3.8) is 0 Å². The van der Waals surface area contributed by atoms with Gasteiger partial charge in [0.05, 0.1) is 41.2 Å². The standard InChI is InChI=1S/C61H47F3N2O6/c1-38-24-25-43(32-54(38)71-36-51(39-16-8-4-9-17-39)40-18-10-5-11-19-40)44-26-31-53(55(33-44)72-37-52(41-20-12-6-13-21-41)42-22-14-7-15-23-42)66-58(69)48-30-28-46(35-50(48)59(66)70)60(2,61(62,63)64)45-27-29-47-49(34-45)57(68)65(3)56(47)67/h4-35,51-52H,36-37H2,1-3H3. The molecule has 0 spiro atoms. The Morgan fingerprint density at radius 1 is 0.458 bits per heavy atom. The average molecular weight is 961 g/mol. The molecule has 358 valence electrons. The van der Waals surface area contributed by atoms with Gasteiger partial charge < -0.3 is 9.47 Å². The van der Waals surface area contributed by atoms with E-state index in [0.717, 1.165) is 62.2 Å². The minimum Gasteiger partial charge on any atom is -0.492 e. The first-order valence-corrected chi connectivity index (χ1v) is 23.5. The van der Waals surface area contributed by atoms with Gasteiger partial charge in [-0.25, -0.2) is 4.90 Å². The summed E-state index contributed by atoms with van der Waals surface area (Å²) in [5.41, 5.74) is 2.77. The number of imide groups is 2. The molecule has 4 amide bonds. The molecule has 10 rings (SSSR count). The zero-order valence-electron chi connectivity index (χ0n) is 39.5. The molecule has 8 aromatic rings. The molecule has 11 heteroatoms. The Balaban J connectivity index is 1.02. The summed E-state index contributed by atoms with van der Waals surface area (Å²) in [6.45, 7) is 3.38. The zero-order chi connectivity index (χ0) is 50.3. The Bertz CT molecular complexity index is 3300. The lowest BCUT2D eigenvalue weighted by Crippen LogP contribution is -2.41. The van der Waals surface area contributed by atoms with Gasteiger partial charge in [0.15, 0.2) is 0 Å². The van der Waals surface area contributed by atoms with Crippen molar-refractivity contribution in [2.45, 2.75) is 37.3 Å². The van der Waals surface area contributed by atoms with E-state index in [2.05, 4.69) is 24.3 Å². The quantitative estimate of drug-likeness (QED) is 0.101. The van der Waals surface area contributed by atoms with E-state index in [-0.39, 0.29) is 63.3 Å². The lowest BCUT2D eigenvalue weighted by Gasteiger charge is -2.33. The molecule has 2 heterocycles. The summed E-state index contributed by atoms with van der Waals surface area (Å²) in [5, 5.41) is 0. The van der Waals surface area contributed by atoms with Crippen LogP contribution in [0.15, 0.2) is 194 Å². The Morgan fingerprint density at radius 3 is 1.32 bits per heavy atom. The number of benzene rings is 8. The summed E-state index contributed by atoms with van der Waals surface area (Å²) < 4.78 is 59.9. The second-order valence-electron chi connectivity index (χ2n) is 18.3. The van der Waals surface area contributed by atoms with Gasteiger partial charge in [0, 0.05) is 18.9 Å². The summed E-state index contributed by atoms with van der Waals surface area (Å²) in [5.74, 6) is -2.38. The molecule has 1 atom stereocenters. The monoisotopic (exact) mass is 960 g/mol. The Labute approximate surface area is 414 Å². The van der Waals surface area contributed by atoms with E-state index in [4.69, 9.17) is 9.47 Å². The molecule has 0 radical (unpaired) electrons. The lowest BCUT2D eigenvalue weighted by atomic mass is 9.74. The highest BCUT2D eigenvalue weighted by atomic mass is 19.4. The van der Waals surface area contributed by atoms with Gasteiger partial charge in [0.2, 0.25) is 0 Å². The van der Waals surface area contributed by atoms with Crippen LogP contribution in [0.5, 0.6) is 11.5 Å². The molecule has 0 saturated heterocycles. The average Bonchev–Trinajstić information content (AvgIpc) is 3.78. The maximum atomic E-state index is 15.5. The third-order valence-electron chi connectivity index (χ3n) is 14.0. The molecule has 72 heavy (non-hydrogen) atoms. The van der Waals surface area contributed by atoms with Crippen molar-refractivity contribution in [3.8, 4) is 22.6 Å². The number of anilines is 1. The number of fused-ring (bicyclic) bond motifs is 2. The van der Waals surface area contributed by atoms with E-state index < -0.39 is 35.2 Å². The number of carbonyl (C=O) groups excluding carboxylic acids is 4. The van der Waals surface area contributed by atoms with Crippen molar-refractivity contribution >= 4 is 29.3 Å². The Morgan fingerprint density at radius 2 is 0.847 bits per heavy atom. The SMILES string of the molecule is Cc1ccc(-c2ccc(N3C(=O)c4ccc(C(C)(c5ccc6c(c5)C(=O)N(C)C6=O)C(F)(F)F)cc4C3=O)c(OCC(c3ccccc3)c3ccccc3)c2)cc1OCC(c1ccccc1)c1ccccc1. The first-order chi connectivity index (χ1) is 34.7. The summed E-state index contributed by atoms with van der Waals surface area (Å²) in [4.78, 5) is 56.6. The molecule has 0 N–H and O–H groups in total. The van der Waals surface area contributed by atoms with Gasteiger partial charge in [-0.15, -0.1) is 0 Å². The molecule has 0 saturated carbocycles. The van der Waals surface area contributed by atoms with Gasteiger partial charge >= 0.3 is 6.18 Å². The molecular weight excluding hydrogens is 914 g/mol. The minimum atomic E-state index is -4.95. The molecular formula is C61H47F3N2O6. The second kappa shape index (κ2) is 19.0. The Hall–Kier alpha value is -8.57. The Kier molecular flexibility index (Phi) is 12.4. The lowest BCUT2D eigenvalue weighted by molar-refractivity contribution is -0.173. The summed E-state index contributed by atoms with van der Waals surface area (Å²) in [7, 11) is 1.26. The molecule has 0 aliphatic carbocycles. The van der Waals surface area contributed by atoms with Crippen LogP contribution in [0.4, 0.5) is 18.9 Å². The van der Waals surface area contributed by atoms with Crippen molar-refractivity contribution < 1.29 is 41.8 Å². The van der Waals surface area contributed by atoms with Gasteiger partial charge in [0.25, 0.3) is 23.6 Å². The van der Waals surface area contributed by atoms with Gasteiger partial charge in [0.1, 0.15) is 16.9 Å². The number of aryl methyl sites for hydroxylation is 1. The third-order valence-corrected chi connectivity index (χ3v) is 14.0. The van der Waals surface area contributed by atoms with Crippen LogP contribution >= 0.6 is 0 Å². The van der Waals surface area contributed by atoms with Crippen LogP contribution < -0.4 is 14.4 Å². The van der Waals surface area contributed by atoms with Gasteiger partial charge in [-0.05, 0) is 106 Å². The predicted molar refractivity (Wildman–Crippen MR) is 270 cm³/mol. The molecule has 8 aromatic carbocycles. The van der Waals surface area contributed by atoms with E-state index >= 15 is 13.2 Å². The van der Waals surface area contributed by atoms with Crippen molar-refractivity contribution in [1.82, 2.24) is 4.90 Å². The summed E-state index contributed by atoms with van der Waals surface area (Å²) in [6, 6.07) is 58.0. The smallest absolute Gasteiger partial charge is 0.402 e. The number of rotatable bonds is 14. The highest BCUT2D eigenvalue weighted by molar-refractivity contribution is 6.35. The number of halogens is 3. The highest BCUT2D eigenvalue weighted by Crippen LogP contribution is 2.49. The fraction of sp³-hybridized carbons (Fsp3) is 0.148. The molecule has 2 aliphatic heterocycles. The molecule has 0 fully saturated rings. The molecule has 2 aliphatic rings. The maximum Gasteiger partial charge on any atom is 0.402 e. The van der Waals surface area contributed by atoms with Crippen LogP contribution in [0, 0.1) is 6.92 Å². The van der Waals surface area contributed by atoms with Crippen molar-refractivity contribution in [2.75, 3.05) is 25.2 Å². The van der Waals surface area contributed by atoms with E-state index in [0.29, 0.717) is 17.9 Å². The number of hydrogen-bond donors (Lipinski definition) is 0. The van der Waals surface area contributed by atoms with Crippen LogP contribution in [0.25, 0.3) is 11.1 Å². The second-order valence-corrected chi connectivity index (χ2v) is 18.3. The zero-order valence-corrected chi connectivity index (χ0v) is 39.5. The maximum absolute atomic E-state index is 15.5. The van der Waals surface area contributed by atoms with Gasteiger partial charge in [-0.2, -0.15) is 13.2 Å². The van der Waals surface area contributed by atoms with Crippen molar-refractivity contribution in [3.05, 3.63) is 255 Å². The van der Waals surface area contributed by atoms with Crippen LogP contribution in [-0.4, -0.2) is 55.0 Å².